The van der Waals surface area contributed by atoms with Crippen molar-refractivity contribution in [3.05, 3.63) is 12.3 Å². The van der Waals surface area contributed by atoms with Gasteiger partial charge in [0.15, 0.2) is 5.03 Å². The van der Waals surface area contributed by atoms with Gasteiger partial charge in [-0.25, -0.2) is 8.42 Å². The van der Waals surface area contributed by atoms with E-state index in [1.165, 1.54) is 21.3 Å². The molecule has 0 radical (unpaired) electrons. The van der Waals surface area contributed by atoms with Crippen LogP contribution in [0.3, 0.4) is 0 Å². The van der Waals surface area contributed by atoms with Crippen LogP contribution < -0.4 is 0 Å². The molecule has 100 valence electrons. The van der Waals surface area contributed by atoms with Gasteiger partial charge >= 0.3 is 5.97 Å². The van der Waals surface area contributed by atoms with E-state index in [1.54, 1.807) is 14.0 Å². The molecule has 1 saturated heterocycles. The Bertz CT molecular complexity index is 565. The quantitative estimate of drug-likeness (QED) is 0.830. The second-order valence-corrected chi connectivity index (χ2v) is 6.22. The molecule has 2 rings (SSSR count). The predicted octanol–water partition coefficient (Wildman–Crippen LogP) is -0.0962. The number of rotatable bonds is 3. The van der Waals surface area contributed by atoms with Crippen LogP contribution in [0.15, 0.2) is 17.3 Å². The van der Waals surface area contributed by atoms with Crippen molar-refractivity contribution in [1.82, 2.24) is 14.1 Å². The number of hydrogen-bond acceptors (Lipinski definition) is 4. The third-order valence-electron chi connectivity index (χ3n) is 3.36. The molecule has 2 atom stereocenters. The molecule has 1 aromatic heterocycles. The van der Waals surface area contributed by atoms with E-state index in [-0.39, 0.29) is 11.6 Å². The van der Waals surface area contributed by atoms with Gasteiger partial charge in [0.25, 0.3) is 10.0 Å². The number of carboxylic acid groups (broad SMARTS) is 1. The molecule has 1 aromatic rings. The highest BCUT2D eigenvalue weighted by Gasteiger charge is 2.42. The Labute approximate surface area is 105 Å². The lowest BCUT2D eigenvalue weighted by Crippen LogP contribution is -2.38. The summed E-state index contributed by atoms with van der Waals surface area (Å²) in [6, 6.07) is 0.873. The number of aromatic nitrogens is 2. The van der Waals surface area contributed by atoms with Crippen LogP contribution in [0.1, 0.15) is 13.3 Å². The summed E-state index contributed by atoms with van der Waals surface area (Å²) in [4.78, 5) is 11.0. The second-order valence-electron chi connectivity index (χ2n) is 4.38. The molecule has 7 nitrogen and oxygen atoms in total. The molecule has 0 aliphatic carbocycles. The molecule has 0 bridgehead atoms. The van der Waals surface area contributed by atoms with Gasteiger partial charge in [0.2, 0.25) is 0 Å². The van der Waals surface area contributed by atoms with Gasteiger partial charge in [-0.1, -0.05) is 0 Å². The van der Waals surface area contributed by atoms with Crippen molar-refractivity contribution in [2.75, 3.05) is 6.54 Å². The van der Waals surface area contributed by atoms with Gasteiger partial charge in [-0.05, 0) is 19.4 Å². The topological polar surface area (TPSA) is 92.5 Å². The minimum atomic E-state index is -3.67. The van der Waals surface area contributed by atoms with Crippen LogP contribution in [0, 0.1) is 5.92 Å². The van der Waals surface area contributed by atoms with Crippen molar-refractivity contribution in [3.63, 3.8) is 0 Å². The summed E-state index contributed by atoms with van der Waals surface area (Å²) in [6.45, 7) is 1.85. The zero-order valence-corrected chi connectivity index (χ0v) is 11.0. The molecule has 0 saturated carbocycles. The van der Waals surface area contributed by atoms with Crippen molar-refractivity contribution < 1.29 is 18.3 Å². The van der Waals surface area contributed by atoms with E-state index in [2.05, 4.69) is 5.10 Å². The first-order valence-electron chi connectivity index (χ1n) is 5.58. The van der Waals surface area contributed by atoms with Crippen LogP contribution in [-0.4, -0.2) is 46.2 Å². The van der Waals surface area contributed by atoms with E-state index in [1.807, 2.05) is 0 Å². The zero-order valence-electron chi connectivity index (χ0n) is 10.1. The normalized spacial score (nSPS) is 25.4. The lowest BCUT2D eigenvalue weighted by molar-refractivity contribution is -0.142. The van der Waals surface area contributed by atoms with Crippen molar-refractivity contribution >= 4 is 16.0 Å². The van der Waals surface area contributed by atoms with Crippen LogP contribution in [0.25, 0.3) is 0 Å². The lowest BCUT2D eigenvalue weighted by atomic mass is 10.0. The highest BCUT2D eigenvalue weighted by molar-refractivity contribution is 7.89. The van der Waals surface area contributed by atoms with Crippen LogP contribution in [0.4, 0.5) is 0 Å². The molecule has 0 amide bonds. The molecular weight excluding hydrogens is 258 g/mol. The molecule has 18 heavy (non-hydrogen) atoms. The molecule has 1 aliphatic rings. The highest BCUT2D eigenvalue weighted by atomic mass is 32.2. The Hall–Kier alpha value is -1.41. The van der Waals surface area contributed by atoms with E-state index in [0.717, 1.165) is 0 Å². The summed E-state index contributed by atoms with van der Waals surface area (Å²) in [6.07, 6.45) is 1.75. The summed E-state index contributed by atoms with van der Waals surface area (Å²) in [5.41, 5.74) is 0. The average Bonchev–Trinajstić information content (AvgIpc) is 2.84. The maximum atomic E-state index is 12.4. The smallest absolute Gasteiger partial charge is 0.308 e. The van der Waals surface area contributed by atoms with Gasteiger partial charge < -0.3 is 5.11 Å². The standard InChI is InChI=1S/C10H15N3O4S/c1-7-8(10(14)15)4-6-13(7)18(16,17)9-3-5-11-12(9)2/h3,5,7-8H,4,6H2,1-2H3,(H,14,15). The Morgan fingerprint density at radius 1 is 1.56 bits per heavy atom. The van der Waals surface area contributed by atoms with Gasteiger partial charge in [0.05, 0.1) is 12.1 Å². The Kier molecular flexibility index (Phi) is 3.16. The summed E-state index contributed by atoms with van der Waals surface area (Å²) in [7, 11) is -2.13. The first kappa shape index (κ1) is 13.0. The van der Waals surface area contributed by atoms with Crippen molar-refractivity contribution in [3.8, 4) is 0 Å². The maximum absolute atomic E-state index is 12.4. The van der Waals surface area contributed by atoms with Gasteiger partial charge in [0.1, 0.15) is 0 Å². The lowest BCUT2D eigenvalue weighted by Gasteiger charge is -2.22. The average molecular weight is 273 g/mol. The molecule has 2 heterocycles. The van der Waals surface area contributed by atoms with Gasteiger partial charge in [-0.2, -0.15) is 9.40 Å². The Morgan fingerprint density at radius 3 is 2.67 bits per heavy atom. The van der Waals surface area contributed by atoms with E-state index >= 15 is 0 Å². The summed E-state index contributed by atoms with van der Waals surface area (Å²) in [5, 5.41) is 12.9. The number of carboxylic acids is 1. The van der Waals surface area contributed by atoms with Gasteiger partial charge in [-0.15, -0.1) is 0 Å². The first-order valence-corrected chi connectivity index (χ1v) is 7.02. The van der Waals surface area contributed by atoms with Crippen molar-refractivity contribution in [1.29, 1.82) is 0 Å². The zero-order chi connectivity index (χ0) is 13.5. The van der Waals surface area contributed by atoms with Crippen LogP contribution in [0.2, 0.25) is 0 Å². The molecule has 1 N–H and O–H groups in total. The molecule has 0 aromatic carbocycles. The fourth-order valence-electron chi connectivity index (χ4n) is 2.32. The number of hydrogen-bond donors (Lipinski definition) is 1. The fourth-order valence-corrected chi connectivity index (χ4v) is 4.10. The highest BCUT2D eigenvalue weighted by Crippen LogP contribution is 2.29. The number of sulfonamides is 1. The van der Waals surface area contributed by atoms with E-state index in [0.29, 0.717) is 6.42 Å². The van der Waals surface area contributed by atoms with Crippen molar-refractivity contribution in [2.24, 2.45) is 13.0 Å². The number of nitrogens with zero attached hydrogens (tertiary/aromatic N) is 3. The second kappa shape index (κ2) is 4.36. The Balaban J connectivity index is 2.34. The first-order chi connectivity index (χ1) is 8.35. The molecule has 2 unspecified atom stereocenters. The summed E-state index contributed by atoms with van der Waals surface area (Å²) < 4.78 is 27.2. The molecule has 8 heteroatoms. The van der Waals surface area contributed by atoms with Gasteiger partial charge in [0, 0.05) is 19.6 Å². The number of aliphatic carboxylic acids is 1. The number of carbonyl (C=O) groups is 1. The third-order valence-corrected chi connectivity index (χ3v) is 5.42. The third kappa shape index (κ3) is 1.91. The van der Waals surface area contributed by atoms with E-state index in [9.17, 15) is 13.2 Å². The van der Waals surface area contributed by atoms with Gasteiger partial charge in [-0.3, -0.25) is 9.48 Å². The SMILES string of the molecule is CC1C(C(=O)O)CCN1S(=O)(=O)c1ccnn1C. The molecule has 1 aliphatic heterocycles. The minimum Gasteiger partial charge on any atom is -0.481 e. The van der Waals surface area contributed by atoms with Crippen LogP contribution in [0.5, 0.6) is 0 Å². The number of aryl methyl sites for hydroxylation is 1. The molecule has 0 spiro atoms. The van der Waals surface area contributed by atoms with Crippen molar-refractivity contribution in [2.45, 2.75) is 24.4 Å². The van der Waals surface area contributed by atoms with Crippen LogP contribution >= 0.6 is 0 Å². The van der Waals surface area contributed by atoms with E-state index < -0.39 is 28.0 Å². The predicted molar refractivity (Wildman–Crippen MR) is 62.3 cm³/mol. The largest absolute Gasteiger partial charge is 0.481 e. The van der Waals surface area contributed by atoms with E-state index in [4.69, 9.17) is 5.11 Å². The maximum Gasteiger partial charge on any atom is 0.308 e. The van der Waals surface area contributed by atoms with Crippen LogP contribution in [-0.2, 0) is 21.9 Å². The summed E-state index contributed by atoms with van der Waals surface area (Å²) >= 11 is 0. The molecular formula is C10H15N3O4S. The minimum absolute atomic E-state index is 0.0837. The monoisotopic (exact) mass is 273 g/mol. The Morgan fingerprint density at radius 2 is 2.22 bits per heavy atom. The summed E-state index contributed by atoms with van der Waals surface area (Å²) in [5.74, 6) is -1.60. The molecule has 1 fully saturated rings. The fraction of sp³-hybridized carbons (Fsp3) is 0.600.